The minimum atomic E-state index is -0.106. The molecule has 0 saturated carbocycles. The molecule has 3 aliphatic rings. The molecule has 0 heterocycles. The van der Waals surface area contributed by atoms with Gasteiger partial charge in [-0.3, -0.25) is 0 Å². The number of fused-ring (bicyclic) bond motifs is 10. The fourth-order valence-electron chi connectivity index (χ4n) is 8.90. The summed E-state index contributed by atoms with van der Waals surface area (Å²) in [7, 11) is 0. The van der Waals surface area contributed by atoms with E-state index in [2.05, 4.69) is 161 Å². The third-order valence-electron chi connectivity index (χ3n) is 10.9. The van der Waals surface area contributed by atoms with Crippen molar-refractivity contribution in [1.82, 2.24) is 0 Å². The Morgan fingerprint density at radius 3 is 2.07 bits per heavy atom. The highest BCUT2D eigenvalue weighted by Gasteiger charge is 2.39. The predicted molar refractivity (Wildman–Crippen MR) is 193 cm³/mol. The summed E-state index contributed by atoms with van der Waals surface area (Å²) in [6.07, 6.45) is 0.953. The Morgan fingerprint density at radius 1 is 0.609 bits per heavy atom. The van der Waals surface area contributed by atoms with Crippen LogP contribution in [0.25, 0.3) is 44.2 Å². The van der Waals surface area contributed by atoms with Crippen molar-refractivity contribution < 1.29 is 0 Å². The molecule has 220 valence electrons. The maximum Gasteiger partial charge on any atom is 0.0219 e. The van der Waals surface area contributed by atoms with E-state index in [4.69, 9.17) is 0 Å². The summed E-state index contributed by atoms with van der Waals surface area (Å²) in [4.78, 5) is 0. The summed E-state index contributed by atoms with van der Waals surface area (Å²) in [6, 6.07) is 47.4. The van der Waals surface area contributed by atoms with Crippen LogP contribution in [0.5, 0.6) is 0 Å². The molecule has 0 heteroatoms. The Balaban J connectivity index is 1.41. The lowest BCUT2D eigenvalue weighted by molar-refractivity contribution is 0.664. The van der Waals surface area contributed by atoms with Crippen LogP contribution in [0, 0.1) is 0 Å². The SMILES string of the molecule is CC1=C=C(C2Cc3ccccc3-c3ccc4ccc5c(c4c32)C(C)(C)c2ccccc2-5)C(C)=c2ccccc2=C1c1ccccc1. The zero-order valence-corrected chi connectivity index (χ0v) is 26.9. The highest BCUT2D eigenvalue weighted by atomic mass is 14.4. The first-order chi connectivity index (χ1) is 22.4. The Kier molecular flexibility index (Phi) is 5.86. The van der Waals surface area contributed by atoms with Crippen LogP contribution in [0.4, 0.5) is 0 Å². The Bertz CT molecular complexity index is 2460. The highest BCUT2D eigenvalue weighted by molar-refractivity contribution is 6.03. The van der Waals surface area contributed by atoms with E-state index in [1.807, 2.05) is 0 Å². The van der Waals surface area contributed by atoms with Gasteiger partial charge in [0.1, 0.15) is 0 Å². The van der Waals surface area contributed by atoms with E-state index in [-0.39, 0.29) is 11.3 Å². The van der Waals surface area contributed by atoms with Gasteiger partial charge in [0.15, 0.2) is 0 Å². The smallest absolute Gasteiger partial charge is 0.0219 e. The van der Waals surface area contributed by atoms with Crippen LogP contribution < -0.4 is 10.4 Å². The Morgan fingerprint density at radius 2 is 1.26 bits per heavy atom. The number of hydrogen-bond acceptors (Lipinski definition) is 0. The molecule has 0 aromatic heterocycles. The van der Waals surface area contributed by atoms with Gasteiger partial charge < -0.3 is 0 Å². The van der Waals surface area contributed by atoms with E-state index in [1.165, 1.54) is 93.6 Å². The minimum Gasteiger partial charge on any atom is -0.112 e. The zero-order chi connectivity index (χ0) is 31.2. The van der Waals surface area contributed by atoms with Crippen molar-refractivity contribution in [3.8, 4) is 22.3 Å². The zero-order valence-electron chi connectivity index (χ0n) is 26.9. The van der Waals surface area contributed by atoms with Crippen LogP contribution >= 0.6 is 0 Å². The monoisotopic (exact) mass is 588 g/mol. The van der Waals surface area contributed by atoms with Crippen molar-refractivity contribution in [2.75, 3.05) is 0 Å². The summed E-state index contributed by atoms with van der Waals surface area (Å²) in [5.41, 5.74) is 21.6. The quantitative estimate of drug-likeness (QED) is 0.177. The van der Waals surface area contributed by atoms with Gasteiger partial charge in [0.25, 0.3) is 0 Å². The van der Waals surface area contributed by atoms with Crippen LogP contribution in [0.15, 0.2) is 144 Å². The van der Waals surface area contributed by atoms with Gasteiger partial charge in [-0.2, -0.15) is 0 Å². The van der Waals surface area contributed by atoms with Crippen molar-refractivity contribution in [3.05, 3.63) is 183 Å². The van der Waals surface area contributed by atoms with Crippen LogP contribution in [0.3, 0.4) is 0 Å². The summed E-state index contributed by atoms with van der Waals surface area (Å²) >= 11 is 0. The predicted octanol–water partition coefficient (Wildman–Crippen LogP) is 10.0. The van der Waals surface area contributed by atoms with Crippen molar-refractivity contribution >= 4 is 21.9 Å². The maximum absolute atomic E-state index is 4.10. The van der Waals surface area contributed by atoms with E-state index in [9.17, 15) is 0 Å². The average Bonchev–Trinajstić information content (AvgIpc) is 3.26. The van der Waals surface area contributed by atoms with Crippen molar-refractivity contribution in [1.29, 1.82) is 0 Å². The summed E-state index contributed by atoms with van der Waals surface area (Å²) in [5.74, 6) is 0.165. The molecule has 1 unspecified atom stereocenters. The van der Waals surface area contributed by atoms with Crippen molar-refractivity contribution in [2.24, 2.45) is 0 Å². The minimum absolute atomic E-state index is 0.106. The molecule has 0 amide bonds. The Hall–Kier alpha value is -5.16. The molecule has 0 radical (unpaired) electrons. The number of benzene rings is 6. The first-order valence-electron chi connectivity index (χ1n) is 16.6. The van der Waals surface area contributed by atoms with E-state index in [0.29, 0.717) is 0 Å². The van der Waals surface area contributed by atoms with E-state index in [0.717, 1.165) is 6.42 Å². The van der Waals surface area contributed by atoms with Crippen LogP contribution in [0.2, 0.25) is 0 Å². The van der Waals surface area contributed by atoms with Gasteiger partial charge >= 0.3 is 0 Å². The number of hydrogen-bond donors (Lipinski definition) is 0. The van der Waals surface area contributed by atoms with Gasteiger partial charge in [-0.15, -0.1) is 5.73 Å². The lowest BCUT2D eigenvalue weighted by atomic mass is 9.69. The molecule has 9 rings (SSSR count). The largest absolute Gasteiger partial charge is 0.112 e. The lowest BCUT2D eigenvalue weighted by Gasteiger charge is -2.33. The van der Waals surface area contributed by atoms with Crippen molar-refractivity contribution in [3.63, 3.8) is 0 Å². The molecule has 6 aromatic rings. The first-order valence-corrected chi connectivity index (χ1v) is 16.6. The molecule has 3 aliphatic carbocycles. The van der Waals surface area contributed by atoms with Crippen LogP contribution in [0.1, 0.15) is 61.4 Å². The van der Waals surface area contributed by atoms with Gasteiger partial charge in [-0.05, 0) is 103 Å². The van der Waals surface area contributed by atoms with Gasteiger partial charge in [0.2, 0.25) is 0 Å². The standard InChI is InChI=1S/C46H36/c1-28-26-39(29(2)33-17-10-11-20-36(33)42(28)30-14-6-5-7-15-30)40-27-32-16-8-9-18-34(32)37-24-22-31-23-25-38-35-19-12-13-21-41(35)46(3,4)45(38)43(31)44(37)40/h5-25,40H,27H2,1-4H3. The second-order valence-corrected chi connectivity index (χ2v) is 13.8. The second kappa shape index (κ2) is 9.92. The van der Waals surface area contributed by atoms with E-state index in [1.54, 1.807) is 0 Å². The summed E-state index contributed by atoms with van der Waals surface area (Å²) in [5, 5.41) is 5.35. The second-order valence-electron chi connectivity index (χ2n) is 13.8. The van der Waals surface area contributed by atoms with E-state index < -0.39 is 0 Å². The molecule has 0 spiro atoms. The van der Waals surface area contributed by atoms with Gasteiger partial charge in [0.05, 0.1) is 0 Å². The topological polar surface area (TPSA) is 0 Å². The van der Waals surface area contributed by atoms with Gasteiger partial charge in [-0.25, -0.2) is 0 Å². The third kappa shape index (κ3) is 3.75. The molecule has 0 N–H and O–H groups in total. The number of rotatable bonds is 2. The van der Waals surface area contributed by atoms with Gasteiger partial charge in [-0.1, -0.05) is 141 Å². The van der Waals surface area contributed by atoms with Crippen molar-refractivity contribution in [2.45, 2.75) is 45.4 Å². The molecule has 0 saturated heterocycles. The first kappa shape index (κ1) is 27.2. The summed E-state index contributed by atoms with van der Waals surface area (Å²) in [6.45, 7) is 9.44. The van der Waals surface area contributed by atoms with Gasteiger partial charge in [0, 0.05) is 22.5 Å². The molecule has 0 bridgehead atoms. The fourth-order valence-corrected chi connectivity index (χ4v) is 8.90. The number of allylic oxidation sites excluding steroid dienone is 1. The molecule has 1 atom stereocenters. The van der Waals surface area contributed by atoms with Crippen LogP contribution in [-0.4, -0.2) is 0 Å². The Labute approximate surface area is 271 Å². The third-order valence-corrected chi connectivity index (χ3v) is 10.9. The molecular formula is C46H36. The molecule has 6 aromatic carbocycles. The average molecular weight is 589 g/mol. The lowest BCUT2D eigenvalue weighted by Crippen LogP contribution is -2.29. The maximum atomic E-state index is 4.10. The molecular weight excluding hydrogens is 553 g/mol. The molecule has 46 heavy (non-hydrogen) atoms. The normalized spacial score (nSPS) is 17.3. The molecule has 0 nitrogen and oxygen atoms in total. The van der Waals surface area contributed by atoms with E-state index >= 15 is 0 Å². The van der Waals surface area contributed by atoms with Crippen LogP contribution in [-0.2, 0) is 11.8 Å². The molecule has 0 aliphatic heterocycles. The molecule has 0 fully saturated rings. The highest BCUT2D eigenvalue weighted by Crippen LogP contribution is 2.55. The summed E-state index contributed by atoms with van der Waals surface area (Å²) < 4.78 is 0. The fraction of sp³-hybridized carbons (Fsp3) is 0.152.